The largest absolute Gasteiger partial charge is 0.308 e. The summed E-state index contributed by atoms with van der Waals surface area (Å²) in [5.74, 6) is 0.781. The summed E-state index contributed by atoms with van der Waals surface area (Å²) in [5, 5.41) is 9.53. The number of benzene rings is 3. The van der Waals surface area contributed by atoms with Crippen LogP contribution in [0.25, 0.3) is 11.4 Å². The molecule has 0 aliphatic carbocycles. The van der Waals surface area contributed by atoms with E-state index in [1.807, 2.05) is 77.9 Å². The predicted octanol–water partition coefficient (Wildman–Crippen LogP) is 5.09. The van der Waals surface area contributed by atoms with Gasteiger partial charge in [-0.25, -0.2) is 8.42 Å². The molecule has 1 aliphatic heterocycles. The van der Waals surface area contributed by atoms with E-state index in [2.05, 4.69) is 23.2 Å². The number of carbonyl (C=O) groups excluding carboxylic acids is 1. The molecule has 1 amide bonds. The first-order valence-corrected chi connectivity index (χ1v) is 15.9. The number of nitrogens with zero attached hydrogens (tertiary/aromatic N) is 5. The summed E-state index contributed by atoms with van der Waals surface area (Å²) in [6, 6.07) is 24.9. The predicted molar refractivity (Wildman–Crippen MR) is 159 cm³/mol. The first-order chi connectivity index (χ1) is 19.3. The second kappa shape index (κ2) is 12.0. The summed E-state index contributed by atoms with van der Waals surface area (Å²) in [7, 11) is -3.64. The highest BCUT2D eigenvalue weighted by atomic mass is 32.2. The van der Waals surface area contributed by atoms with Crippen molar-refractivity contribution in [3.05, 3.63) is 90.0 Å². The maximum absolute atomic E-state index is 13.4. The molecule has 1 atom stereocenters. The molecule has 0 saturated heterocycles. The van der Waals surface area contributed by atoms with Gasteiger partial charge in [0.25, 0.3) is 0 Å². The molecule has 3 aromatic carbocycles. The third-order valence-electron chi connectivity index (χ3n) is 7.14. The number of thioether (sulfide) groups is 1. The highest BCUT2D eigenvalue weighted by Crippen LogP contribution is 2.33. The number of anilines is 1. The summed E-state index contributed by atoms with van der Waals surface area (Å²) in [5.41, 5.74) is 3.85. The molecule has 0 spiro atoms. The summed E-state index contributed by atoms with van der Waals surface area (Å²) in [6.45, 7) is 6.99. The van der Waals surface area contributed by atoms with Crippen molar-refractivity contribution in [3.63, 3.8) is 0 Å². The standard InChI is InChI=1S/C30H33N5O3S2/c1-4-33(5-2)40(37,38)26-16-11-15-25(19-26)29-31-32-30(34(29)20-23-12-7-6-8-13-23)39-21-28(36)35-22(3)18-24-14-9-10-17-27(24)35/h6-17,19,22H,4-5,18,20-21H2,1-3H3/t22-/m0/s1. The number of amides is 1. The molecule has 208 valence electrons. The fourth-order valence-corrected chi connectivity index (χ4v) is 7.47. The maximum Gasteiger partial charge on any atom is 0.243 e. The quantitative estimate of drug-likeness (QED) is 0.245. The third-order valence-corrected chi connectivity index (χ3v) is 10.1. The summed E-state index contributed by atoms with van der Waals surface area (Å²) < 4.78 is 29.8. The molecule has 0 bridgehead atoms. The Bertz CT molecular complexity index is 1600. The van der Waals surface area contributed by atoms with Gasteiger partial charge in [0.2, 0.25) is 15.9 Å². The molecule has 1 aliphatic rings. The molecule has 1 aromatic heterocycles. The fourth-order valence-electron chi connectivity index (χ4n) is 5.17. The lowest BCUT2D eigenvalue weighted by molar-refractivity contribution is -0.116. The minimum atomic E-state index is -3.64. The summed E-state index contributed by atoms with van der Waals surface area (Å²) >= 11 is 1.35. The van der Waals surface area contributed by atoms with Crippen LogP contribution in [-0.4, -0.2) is 58.3 Å². The van der Waals surface area contributed by atoms with Gasteiger partial charge in [0.15, 0.2) is 11.0 Å². The molecule has 2 heterocycles. The Balaban J connectivity index is 1.46. The summed E-state index contributed by atoms with van der Waals surface area (Å²) in [4.78, 5) is 15.5. The smallest absolute Gasteiger partial charge is 0.243 e. The van der Waals surface area contributed by atoms with Gasteiger partial charge < -0.3 is 4.90 Å². The topological polar surface area (TPSA) is 88.4 Å². The first kappa shape index (κ1) is 28.1. The van der Waals surface area contributed by atoms with Crippen LogP contribution in [0.2, 0.25) is 0 Å². The van der Waals surface area contributed by atoms with Crippen molar-refractivity contribution in [1.29, 1.82) is 0 Å². The Hall–Kier alpha value is -3.47. The lowest BCUT2D eigenvalue weighted by atomic mass is 10.1. The van der Waals surface area contributed by atoms with Gasteiger partial charge >= 0.3 is 0 Å². The number of aromatic nitrogens is 3. The fraction of sp³-hybridized carbons (Fsp3) is 0.300. The van der Waals surface area contributed by atoms with E-state index in [0.717, 1.165) is 17.7 Å². The lowest BCUT2D eigenvalue weighted by Crippen LogP contribution is -2.37. The number of hydrogen-bond acceptors (Lipinski definition) is 6. The molecule has 0 radical (unpaired) electrons. The minimum Gasteiger partial charge on any atom is -0.308 e. The van der Waals surface area contributed by atoms with E-state index in [4.69, 9.17) is 0 Å². The highest BCUT2D eigenvalue weighted by molar-refractivity contribution is 7.99. The molecular weight excluding hydrogens is 542 g/mol. The van der Waals surface area contributed by atoms with Crippen molar-refractivity contribution >= 4 is 33.4 Å². The number of hydrogen-bond donors (Lipinski definition) is 0. The highest BCUT2D eigenvalue weighted by Gasteiger charge is 2.31. The number of fused-ring (bicyclic) bond motifs is 1. The van der Waals surface area contributed by atoms with Gasteiger partial charge in [0, 0.05) is 30.4 Å². The Kier molecular flexibility index (Phi) is 8.39. The Morgan fingerprint density at radius 3 is 2.45 bits per heavy atom. The van der Waals surface area contributed by atoms with Gasteiger partial charge in [0.1, 0.15) is 0 Å². The average Bonchev–Trinajstić information content (AvgIpc) is 3.52. The SMILES string of the molecule is CCN(CC)S(=O)(=O)c1cccc(-c2nnc(SCC(=O)N3c4ccccc4C[C@@H]3C)n2Cc2ccccc2)c1. The van der Waals surface area contributed by atoms with Crippen LogP contribution in [0.5, 0.6) is 0 Å². The van der Waals surface area contributed by atoms with Crippen LogP contribution in [0, 0.1) is 0 Å². The van der Waals surface area contributed by atoms with Crippen molar-refractivity contribution in [2.45, 2.75) is 49.8 Å². The molecule has 10 heteroatoms. The number of para-hydroxylation sites is 1. The molecule has 5 rings (SSSR count). The zero-order chi connectivity index (χ0) is 28.3. The second-order valence-electron chi connectivity index (χ2n) is 9.73. The van der Waals surface area contributed by atoms with Gasteiger partial charge in [-0.3, -0.25) is 9.36 Å². The zero-order valence-electron chi connectivity index (χ0n) is 22.9. The van der Waals surface area contributed by atoms with E-state index in [1.165, 1.54) is 21.6 Å². The minimum absolute atomic E-state index is 0.0191. The monoisotopic (exact) mass is 575 g/mol. The normalized spacial score (nSPS) is 15.0. The first-order valence-electron chi connectivity index (χ1n) is 13.4. The van der Waals surface area contributed by atoms with Gasteiger partial charge in [0.05, 0.1) is 17.2 Å². The van der Waals surface area contributed by atoms with Crippen LogP contribution >= 0.6 is 11.8 Å². The number of sulfonamides is 1. The van der Waals surface area contributed by atoms with E-state index >= 15 is 0 Å². The number of rotatable bonds is 10. The van der Waals surface area contributed by atoms with Gasteiger partial charge in [-0.2, -0.15) is 4.31 Å². The van der Waals surface area contributed by atoms with Gasteiger partial charge in [-0.15, -0.1) is 10.2 Å². The lowest BCUT2D eigenvalue weighted by Gasteiger charge is -2.22. The van der Waals surface area contributed by atoms with Crippen molar-refractivity contribution in [2.75, 3.05) is 23.7 Å². The van der Waals surface area contributed by atoms with Crippen LogP contribution in [0.15, 0.2) is 88.9 Å². The molecular formula is C30H33N5O3S2. The van der Waals surface area contributed by atoms with E-state index in [9.17, 15) is 13.2 Å². The van der Waals surface area contributed by atoms with Gasteiger partial charge in [-0.05, 0) is 42.7 Å². The molecule has 0 unspecified atom stereocenters. The maximum atomic E-state index is 13.4. The Labute approximate surface area is 240 Å². The van der Waals surface area contributed by atoms with Crippen LogP contribution in [0.3, 0.4) is 0 Å². The van der Waals surface area contributed by atoms with E-state index < -0.39 is 10.0 Å². The zero-order valence-corrected chi connectivity index (χ0v) is 24.5. The van der Waals surface area contributed by atoms with Crippen LogP contribution in [0.1, 0.15) is 31.9 Å². The van der Waals surface area contributed by atoms with E-state index in [1.54, 1.807) is 18.2 Å². The van der Waals surface area contributed by atoms with Crippen molar-refractivity contribution in [1.82, 2.24) is 19.1 Å². The summed E-state index contributed by atoms with van der Waals surface area (Å²) in [6.07, 6.45) is 0.841. The van der Waals surface area contributed by atoms with Crippen LogP contribution in [-0.2, 0) is 27.8 Å². The van der Waals surface area contributed by atoms with Gasteiger partial charge in [-0.1, -0.05) is 86.3 Å². The van der Waals surface area contributed by atoms with Crippen LogP contribution in [0.4, 0.5) is 5.69 Å². The molecule has 8 nitrogen and oxygen atoms in total. The Morgan fingerprint density at radius 1 is 0.975 bits per heavy atom. The van der Waals surface area contributed by atoms with Crippen molar-refractivity contribution < 1.29 is 13.2 Å². The second-order valence-corrected chi connectivity index (χ2v) is 12.6. The third kappa shape index (κ3) is 5.56. The van der Waals surface area contributed by atoms with Crippen molar-refractivity contribution in [2.24, 2.45) is 0 Å². The molecule has 0 fully saturated rings. The molecule has 40 heavy (non-hydrogen) atoms. The van der Waals surface area contributed by atoms with E-state index in [-0.39, 0.29) is 22.6 Å². The average molecular weight is 576 g/mol. The number of carbonyl (C=O) groups is 1. The van der Waals surface area contributed by atoms with E-state index in [0.29, 0.717) is 36.2 Å². The Morgan fingerprint density at radius 2 is 1.70 bits per heavy atom. The van der Waals surface area contributed by atoms with Crippen molar-refractivity contribution in [3.8, 4) is 11.4 Å². The van der Waals surface area contributed by atoms with Crippen LogP contribution < -0.4 is 4.90 Å². The molecule has 0 saturated carbocycles. The molecule has 0 N–H and O–H groups in total. The molecule has 4 aromatic rings.